The van der Waals surface area contributed by atoms with Gasteiger partial charge in [-0.05, 0) is 6.07 Å². The van der Waals surface area contributed by atoms with Crippen molar-refractivity contribution < 1.29 is 4.92 Å². The van der Waals surface area contributed by atoms with Crippen LogP contribution in [0.1, 0.15) is 0 Å². The maximum Gasteiger partial charge on any atom is 0.296 e. The highest BCUT2D eigenvalue weighted by molar-refractivity contribution is 5.87. The number of rotatable bonds is 1. The fourth-order valence-electron chi connectivity index (χ4n) is 1.10. The highest BCUT2D eigenvalue weighted by Crippen LogP contribution is 2.22. The van der Waals surface area contributed by atoms with Crippen LogP contribution in [0.25, 0.3) is 10.9 Å². The van der Waals surface area contributed by atoms with Gasteiger partial charge in [0, 0.05) is 12.4 Å². The van der Waals surface area contributed by atoms with E-state index in [1.807, 2.05) is 0 Å². The molecule has 0 unspecified atom stereocenters. The zero-order valence-electron chi connectivity index (χ0n) is 6.02. The van der Waals surface area contributed by atoms with Crippen molar-refractivity contribution in [3.05, 3.63) is 34.8 Å². The molecule has 0 amide bonds. The number of hydrogen-bond acceptors (Lipinski definition) is 3. The van der Waals surface area contributed by atoms with Crippen molar-refractivity contribution >= 4 is 16.6 Å². The van der Waals surface area contributed by atoms with Crippen LogP contribution in [0.2, 0.25) is 0 Å². The first-order chi connectivity index (χ1) is 5.79. The van der Waals surface area contributed by atoms with Gasteiger partial charge < -0.3 is 4.98 Å². The second-order valence-electron chi connectivity index (χ2n) is 2.35. The van der Waals surface area contributed by atoms with Gasteiger partial charge in [-0.1, -0.05) is 0 Å². The Labute approximate surface area is 67.2 Å². The molecule has 2 heterocycles. The van der Waals surface area contributed by atoms with Crippen LogP contribution in [0.15, 0.2) is 24.7 Å². The molecule has 5 heteroatoms. The summed E-state index contributed by atoms with van der Waals surface area (Å²) >= 11 is 0. The van der Waals surface area contributed by atoms with Crippen molar-refractivity contribution in [2.75, 3.05) is 0 Å². The second-order valence-corrected chi connectivity index (χ2v) is 2.35. The number of nitrogens with zero attached hydrogens (tertiary/aromatic N) is 2. The number of nitrogens with one attached hydrogen (secondary N) is 1. The summed E-state index contributed by atoms with van der Waals surface area (Å²) in [7, 11) is 0. The van der Waals surface area contributed by atoms with E-state index in [4.69, 9.17) is 0 Å². The van der Waals surface area contributed by atoms with Crippen LogP contribution in [0.5, 0.6) is 0 Å². The fraction of sp³-hybridized carbons (Fsp3) is 0. The minimum atomic E-state index is -0.430. The van der Waals surface area contributed by atoms with E-state index in [1.165, 1.54) is 12.4 Å². The van der Waals surface area contributed by atoms with E-state index < -0.39 is 4.92 Å². The molecule has 0 atom stereocenters. The summed E-state index contributed by atoms with van der Waals surface area (Å²) in [6, 6.07) is 1.70. The maximum absolute atomic E-state index is 10.4. The van der Waals surface area contributed by atoms with Crippen molar-refractivity contribution in [2.24, 2.45) is 0 Å². The predicted molar refractivity (Wildman–Crippen MR) is 42.7 cm³/mol. The molecular weight excluding hydrogens is 158 g/mol. The van der Waals surface area contributed by atoms with Gasteiger partial charge in [0.05, 0.1) is 22.0 Å². The molecule has 2 aromatic heterocycles. The first-order valence-electron chi connectivity index (χ1n) is 3.34. The number of hydrogen-bond donors (Lipinski definition) is 1. The van der Waals surface area contributed by atoms with Crippen LogP contribution >= 0.6 is 0 Å². The van der Waals surface area contributed by atoms with Crippen LogP contribution < -0.4 is 0 Å². The van der Waals surface area contributed by atoms with Gasteiger partial charge in [-0.2, -0.15) is 0 Å². The lowest BCUT2D eigenvalue weighted by Gasteiger charge is -1.86. The van der Waals surface area contributed by atoms with Crippen molar-refractivity contribution in [1.82, 2.24) is 9.97 Å². The van der Waals surface area contributed by atoms with Gasteiger partial charge in [0.2, 0.25) is 0 Å². The summed E-state index contributed by atoms with van der Waals surface area (Å²) in [5.41, 5.74) is 0.801. The molecule has 0 aromatic carbocycles. The van der Waals surface area contributed by atoms with Gasteiger partial charge >= 0.3 is 0 Å². The number of pyridine rings is 1. The molecule has 0 fully saturated rings. The summed E-state index contributed by atoms with van der Waals surface area (Å²) in [4.78, 5) is 16.6. The van der Waals surface area contributed by atoms with E-state index in [0.29, 0.717) is 5.39 Å². The van der Waals surface area contributed by atoms with Crippen molar-refractivity contribution in [2.45, 2.75) is 0 Å². The molecule has 0 spiro atoms. The summed E-state index contributed by atoms with van der Waals surface area (Å²) in [5, 5.41) is 11.0. The normalized spacial score (nSPS) is 10.3. The first-order valence-corrected chi connectivity index (χ1v) is 3.34. The van der Waals surface area contributed by atoms with Gasteiger partial charge in [0.25, 0.3) is 5.69 Å². The molecule has 0 saturated heterocycles. The summed E-state index contributed by atoms with van der Waals surface area (Å²) in [6.07, 6.45) is 4.43. The Hall–Kier alpha value is -1.91. The molecule has 12 heavy (non-hydrogen) atoms. The standard InChI is InChI=1S/C7H5N3O2/c11-10(12)7-4-9-6-1-2-8-3-5(6)7/h1-4,9H. The molecule has 5 nitrogen and oxygen atoms in total. The molecule has 0 radical (unpaired) electrons. The minimum absolute atomic E-state index is 0.0677. The van der Waals surface area contributed by atoms with Gasteiger partial charge in [-0.15, -0.1) is 0 Å². The SMILES string of the molecule is O=[N+]([O-])c1c[nH]c2ccncc12. The largest absolute Gasteiger partial charge is 0.355 e. The molecule has 0 bridgehead atoms. The lowest BCUT2D eigenvalue weighted by Crippen LogP contribution is -1.84. The van der Waals surface area contributed by atoms with Crippen molar-refractivity contribution in [3.63, 3.8) is 0 Å². The lowest BCUT2D eigenvalue weighted by atomic mass is 10.3. The Bertz CT molecular complexity index is 435. The monoisotopic (exact) mass is 163 g/mol. The number of H-pyrrole nitrogens is 1. The van der Waals surface area contributed by atoms with Crippen LogP contribution in [0.3, 0.4) is 0 Å². The topological polar surface area (TPSA) is 71.8 Å². The zero-order valence-corrected chi connectivity index (χ0v) is 6.02. The van der Waals surface area contributed by atoms with Crippen LogP contribution in [-0.4, -0.2) is 14.9 Å². The third-order valence-electron chi connectivity index (χ3n) is 1.66. The Kier molecular flexibility index (Phi) is 1.30. The number of fused-ring (bicyclic) bond motifs is 1. The van der Waals surface area contributed by atoms with Crippen LogP contribution in [-0.2, 0) is 0 Å². The molecule has 0 aliphatic carbocycles. The Balaban J connectivity index is 2.79. The van der Waals surface area contributed by atoms with E-state index in [2.05, 4.69) is 9.97 Å². The van der Waals surface area contributed by atoms with Crippen LogP contribution in [0, 0.1) is 10.1 Å². The summed E-state index contributed by atoms with van der Waals surface area (Å²) in [5.74, 6) is 0. The molecular formula is C7H5N3O2. The summed E-state index contributed by atoms with van der Waals surface area (Å²) in [6.45, 7) is 0. The van der Waals surface area contributed by atoms with Crippen LogP contribution in [0.4, 0.5) is 5.69 Å². The quantitative estimate of drug-likeness (QED) is 0.511. The molecule has 0 aliphatic heterocycles. The van der Waals surface area contributed by atoms with Gasteiger partial charge in [0.15, 0.2) is 0 Å². The maximum atomic E-state index is 10.4. The second kappa shape index (κ2) is 2.30. The highest BCUT2D eigenvalue weighted by atomic mass is 16.6. The molecule has 2 aromatic rings. The van der Waals surface area contributed by atoms with E-state index in [1.54, 1.807) is 12.3 Å². The van der Waals surface area contributed by atoms with E-state index >= 15 is 0 Å². The molecule has 60 valence electrons. The van der Waals surface area contributed by atoms with E-state index in [9.17, 15) is 10.1 Å². The molecule has 1 N–H and O–H groups in total. The van der Waals surface area contributed by atoms with Gasteiger partial charge in [-0.25, -0.2) is 0 Å². The molecule has 2 rings (SSSR count). The van der Waals surface area contributed by atoms with Crippen molar-refractivity contribution in [3.8, 4) is 0 Å². The number of aromatic amines is 1. The fourth-order valence-corrected chi connectivity index (χ4v) is 1.10. The average molecular weight is 163 g/mol. The Morgan fingerprint density at radius 2 is 2.42 bits per heavy atom. The smallest absolute Gasteiger partial charge is 0.296 e. The average Bonchev–Trinajstić information content (AvgIpc) is 2.47. The Morgan fingerprint density at radius 3 is 3.17 bits per heavy atom. The van der Waals surface area contributed by atoms with Gasteiger partial charge in [0.1, 0.15) is 0 Å². The summed E-state index contributed by atoms with van der Waals surface area (Å²) < 4.78 is 0. The first kappa shape index (κ1) is 6.78. The van der Waals surface area contributed by atoms with E-state index in [-0.39, 0.29) is 5.69 Å². The van der Waals surface area contributed by atoms with Gasteiger partial charge in [-0.3, -0.25) is 15.1 Å². The predicted octanol–water partition coefficient (Wildman–Crippen LogP) is 1.47. The molecule has 0 aliphatic rings. The third-order valence-corrected chi connectivity index (χ3v) is 1.66. The number of aromatic nitrogens is 2. The van der Waals surface area contributed by atoms with E-state index in [0.717, 1.165) is 5.52 Å². The third kappa shape index (κ3) is 0.833. The lowest BCUT2D eigenvalue weighted by molar-refractivity contribution is -0.383. The minimum Gasteiger partial charge on any atom is -0.355 e. The van der Waals surface area contributed by atoms with Crippen molar-refractivity contribution in [1.29, 1.82) is 0 Å². The highest BCUT2D eigenvalue weighted by Gasteiger charge is 2.12. The number of nitro groups is 1. The Morgan fingerprint density at radius 1 is 1.58 bits per heavy atom. The zero-order chi connectivity index (χ0) is 8.55. The molecule has 0 saturated carbocycles.